The number of halogens is 1. The Morgan fingerprint density at radius 2 is 2.07 bits per heavy atom. The van der Waals surface area contributed by atoms with Gasteiger partial charge >= 0.3 is 0 Å². The van der Waals surface area contributed by atoms with Crippen molar-refractivity contribution in [3.8, 4) is 0 Å². The van der Waals surface area contributed by atoms with Crippen LogP contribution in [0.25, 0.3) is 6.08 Å². The third kappa shape index (κ3) is 3.45. The van der Waals surface area contributed by atoms with E-state index >= 15 is 0 Å². The van der Waals surface area contributed by atoms with E-state index in [1.807, 2.05) is 52.2 Å². The molecule has 0 saturated heterocycles. The van der Waals surface area contributed by atoms with Crippen LogP contribution in [0.5, 0.6) is 0 Å². The van der Waals surface area contributed by atoms with E-state index in [1.54, 1.807) is 16.9 Å². The van der Waals surface area contributed by atoms with Gasteiger partial charge in [-0.2, -0.15) is 5.10 Å². The van der Waals surface area contributed by atoms with E-state index in [-0.39, 0.29) is 5.91 Å². The van der Waals surface area contributed by atoms with Crippen LogP contribution >= 0.6 is 11.6 Å². The van der Waals surface area contributed by atoms with Gasteiger partial charge in [-0.15, -0.1) is 5.73 Å². The molecule has 0 saturated carbocycles. The molecule has 1 amide bonds. The predicted octanol–water partition coefficient (Wildman–Crippen LogP) is 4.13. The molecule has 0 spiro atoms. The maximum Gasteiger partial charge on any atom is 0.232 e. The van der Waals surface area contributed by atoms with Crippen molar-refractivity contribution < 1.29 is 4.79 Å². The number of fused-ring (bicyclic) bond motifs is 1. The Morgan fingerprint density at radius 1 is 1.33 bits per heavy atom. The largest absolute Gasteiger partial charge is 0.346 e. The van der Waals surface area contributed by atoms with Gasteiger partial charge in [0, 0.05) is 24.4 Å². The lowest BCUT2D eigenvalue weighted by Crippen LogP contribution is -2.58. The van der Waals surface area contributed by atoms with Gasteiger partial charge in [0.1, 0.15) is 5.15 Å². The van der Waals surface area contributed by atoms with E-state index in [1.165, 1.54) is 0 Å². The predicted molar refractivity (Wildman–Crippen MR) is 107 cm³/mol. The summed E-state index contributed by atoms with van der Waals surface area (Å²) in [4.78, 5) is 17.7. The number of pyridine rings is 1. The van der Waals surface area contributed by atoms with E-state index in [0.717, 1.165) is 16.8 Å². The first-order chi connectivity index (χ1) is 12.8. The lowest BCUT2D eigenvalue weighted by atomic mass is 9.68. The topological polar surface area (TPSA) is 59.8 Å². The number of hydrogen-bond acceptors (Lipinski definition) is 3. The molecular formula is C21H25ClN4O. The zero-order chi connectivity index (χ0) is 19.7. The fourth-order valence-electron chi connectivity index (χ4n) is 3.79. The molecule has 1 aliphatic rings. The van der Waals surface area contributed by atoms with Gasteiger partial charge < -0.3 is 5.32 Å². The second kappa shape index (κ2) is 7.34. The van der Waals surface area contributed by atoms with Crippen LogP contribution in [-0.2, 0) is 22.8 Å². The zero-order valence-corrected chi connectivity index (χ0v) is 17.0. The summed E-state index contributed by atoms with van der Waals surface area (Å²) < 4.78 is 1.75. The Bertz CT molecular complexity index is 922. The Balaban J connectivity index is 1.98. The van der Waals surface area contributed by atoms with Crippen LogP contribution in [-0.4, -0.2) is 20.7 Å². The molecule has 142 valence electrons. The highest BCUT2D eigenvalue weighted by Crippen LogP contribution is 2.43. The summed E-state index contributed by atoms with van der Waals surface area (Å²) >= 11 is 6.18. The highest BCUT2D eigenvalue weighted by molar-refractivity contribution is 6.29. The van der Waals surface area contributed by atoms with Gasteiger partial charge in [0.2, 0.25) is 5.91 Å². The van der Waals surface area contributed by atoms with Gasteiger partial charge in [0.25, 0.3) is 0 Å². The Hall–Kier alpha value is -2.36. The molecule has 5 nitrogen and oxygen atoms in total. The minimum absolute atomic E-state index is 0.0157. The van der Waals surface area contributed by atoms with E-state index < -0.39 is 11.0 Å². The lowest BCUT2D eigenvalue weighted by molar-refractivity contribution is -0.130. The van der Waals surface area contributed by atoms with Gasteiger partial charge in [-0.3, -0.25) is 9.48 Å². The highest BCUT2D eigenvalue weighted by Gasteiger charge is 2.49. The third-order valence-electron chi connectivity index (χ3n) is 5.54. The van der Waals surface area contributed by atoms with Crippen molar-refractivity contribution in [2.24, 2.45) is 7.05 Å². The molecule has 0 bridgehead atoms. The van der Waals surface area contributed by atoms with E-state index in [2.05, 4.69) is 21.1 Å². The van der Waals surface area contributed by atoms with Crippen LogP contribution < -0.4 is 5.32 Å². The van der Waals surface area contributed by atoms with Crippen molar-refractivity contribution in [2.45, 2.75) is 51.0 Å². The standard InChI is InChI=1S/C21H25ClN4O/c1-5-21(6-2)18-16(10-11-17(22)24-18)20(3,25-19(21)27)12-8-7-9-15-13-23-26(4)14-15/h8-11,13-14H,5-6,12H2,1-4H3,(H,25,27). The quantitative estimate of drug-likeness (QED) is 0.622. The van der Waals surface area contributed by atoms with Gasteiger partial charge in [-0.25, -0.2) is 4.98 Å². The van der Waals surface area contributed by atoms with Gasteiger partial charge in [0.05, 0.1) is 22.8 Å². The molecule has 0 aromatic carbocycles. The van der Waals surface area contributed by atoms with Crippen LogP contribution in [0.4, 0.5) is 0 Å². The smallest absolute Gasteiger partial charge is 0.232 e. The summed E-state index contributed by atoms with van der Waals surface area (Å²) in [5.41, 5.74) is 4.82. The van der Waals surface area contributed by atoms with Crippen molar-refractivity contribution in [3.05, 3.63) is 58.3 Å². The fourth-order valence-corrected chi connectivity index (χ4v) is 3.94. The monoisotopic (exact) mass is 384 g/mol. The average molecular weight is 385 g/mol. The number of hydrogen-bond donors (Lipinski definition) is 1. The van der Waals surface area contributed by atoms with Crippen molar-refractivity contribution in [1.29, 1.82) is 0 Å². The number of aromatic nitrogens is 3. The number of aryl methyl sites for hydroxylation is 1. The zero-order valence-electron chi connectivity index (χ0n) is 16.2. The molecule has 0 fully saturated rings. The van der Waals surface area contributed by atoms with Crippen LogP contribution in [0.3, 0.4) is 0 Å². The molecule has 2 aromatic rings. The minimum atomic E-state index is -0.630. The first kappa shape index (κ1) is 19.4. The van der Waals surface area contributed by atoms with Crippen molar-refractivity contribution in [3.63, 3.8) is 0 Å². The molecule has 1 N–H and O–H groups in total. The molecule has 6 heteroatoms. The summed E-state index contributed by atoms with van der Waals surface area (Å²) in [6.45, 7) is 6.07. The van der Waals surface area contributed by atoms with E-state index in [4.69, 9.17) is 11.6 Å². The van der Waals surface area contributed by atoms with Gasteiger partial charge in [0.15, 0.2) is 0 Å². The lowest BCUT2D eigenvalue weighted by Gasteiger charge is -2.44. The SMILES string of the molecule is CCC1(CC)C(=O)NC(C)(CC=C=Cc2cnn(C)c2)c2ccc(Cl)nc21. The number of carbonyl (C=O) groups is 1. The molecular weight excluding hydrogens is 360 g/mol. The van der Waals surface area contributed by atoms with Crippen molar-refractivity contribution in [1.82, 2.24) is 20.1 Å². The Kier molecular flexibility index (Phi) is 5.27. The number of carbonyl (C=O) groups excluding carboxylic acids is 1. The molecule has 1 unspecified atom stereocenters. The molecule has 0 aliphatic carbocycles. The van der Waals surface area contributed by atoms with Crippen molar-refractivity contribution in [2.75, 3.05) is 0 Å². The molecule has 3 rings (SSSR count). The number of nitrogens with one attached hydrogen (secondary N) is 1. The molecule has 27 heavy (non-hydrogen) atoms. The summed E-state index contributed by atoms with van der Waals surface area (Å²) in [6.07, 6.45) is 9.49. The normalized spacial score (nSPS) is 20.4. The molecule has 3 heterocycles. The maximum atomic E-state index is 13.1. The summed E-state index contributed by atoms with van der Waals surface area (Å²) in [7, 11) is 1.88. The average Bonchev–Trinajstić information content (AvgIpc) is 3.05. The summed E-state index contributed by atoms with van der Waals surface area (Å²) in [6, 6.07) is 3.78. The third-order valence-corrected chi connectivity index (χ3v) is 5.75. The summed E-state index contributed by atoms with van der Waals surface area (Å²) in [5.74, 6) is 0.0157. The molecule has 1 aliphatic heterocycles. The Morgan fingerprint density at radius 3 is 2.70 bits per heavy atom. The second-order valence-corrected chi connectivity index (χ2v) is 7.66. The minimum Gasteiger partial charge on any atom is -0.346 e. The summed E-state index contributed by atoms with van der Waals surface area (Å²) in [5, 5.41) is 7.80. The maximum absolute atomic E-state index is 13.1. The van der Waals surface area contributed by atoms with Crippen LogP contribution in [0.2, 0.25) is 5.15 Å². The number of amides is 1. The van der Waals surface area contributed by atoms with E-state index in [0.29, 0.717) is 24.4 Å². The fraction of sp³-hybridized carbons (Fsp3) is 0.429. The molecule has 2 aromatic heterocycles. The number of nitrogens with zero attached hydrogens (tertiary/aromatic N) is 3. The first-order valence-electron chi connectivity index (χ1n) is 9.24. The molecule has 1 atom stereocenters. The van der Waals surface area contributed by atoms with Gasteiger partial charge in [-0.05, 0) is 44.4 Å². The van der Waals surface area contributed by atoms with Crippen LogP contribution in [0, 0.1) is 0 Å². The van der Waals surface area contributed by atoms with Gasteiger partial charge in [-0.1, -0.05) is 31.5 Å². The van der Waals surface area contributed by atoms with Crippen LogP contribution in [0.15, 0.2) is 36.3 Å². The second-order valence-electron chi connectivity index (χ2n) is 7.27. The van der Waals surface area contributed by atoms with E-state index in [9.17, 15) is 4.79 Å². The highest BCUT2D eigenvalue weighted by atomic mass is 35.5. The van der Waals surface area contributed by atoms with Crippen molar-refractivity contribution >= 4 is 23.6 Å². The number of rotatable bonds is 5. The first-order valence-corrected chi connectivity index (χ1v) is 9.62. The Labute approximate surface area is 165 Å². The van der Waals surface area contributed by atoms with Crippen LogP contribution in [0.1, 0.15) is 56.9 Å². The molecule has 0 radical (unpaired) electrons.